The summed E-state index contributed by atoms with van der Waals surface area (Å²) in [5, 5.41) is 55.4. The van der Waals surface area contributed by atoms with E-state index in [1.54, 1.807) is 20.8 Å². The van der Waals surface area contributed by atoms with Crippen molar-refractivity contribution in [3.63, 3.8) is 0 Å². The number of fused-ring (bicyclic) bond motifs is 3. The number of rotatable bonds is 5. The van der Waals surface area contributed by atoms with E-state index in [0.717, 1.165) is 6.92 Å². The molecule has 1 amide bonds. The molecule has 2 aromatic carbocycles. The van der Waals surface area contributed by atoms with Crippen LogP contribution in [0.1, 0.15) is 96.5 Å². The number of ether oxygens (including phenoxy) is 3. The summed E-state index contributed by atoms with van der Waals surface area (Å²) in [6.07, 6.45) is -5.22. The Morgan fingerprint density at radius 3 is 2.27 bits per heavy atom. The number of carbonyl (C=O) groups is 4. The van der Waals surface area contributed by atoms with Crippen molar-refractivity contribution in [1.29, 1.82) is 0 Å². The Bertz CT molecular complexity index is 1530. The fraction of sp³-hybridized carbons (Fsp3) is 0.500. The Hall–Kier alpha value is -3.88. The molecule has 2 aliphatic carbocycles. The molecule has 6 N–H and O–H groups in total. The van der Waals surface area contributed by atoms with Gasteiger partial charge in [-0.1, -0.05) is 12.1 Å². The van der Waals surface area contributed by atoms with Gasteiger partial charge < -0.3 is 45.1 Å². The van der Waals surface area contributed by atoms with Crippen LogP contribution >= 0.6 is 0 Å². The average molecular weight is 630 g/mol. The number of phenolic OH excluding ortho intramolecular Hbond substituents is 2. The summed E-state index contributed by atoms with van der Waals surface area (Å²) in [6, 6.07) is 3.66. The van der Waals surface area contributed by atoms with Crippen LogP contribution in [0, 0.1) is 0 Å². The lowest BCUT2D eigenvalue weighted by atomic mass is 9.72. The van der Waals surface area contributed by atoms with Gasteiger partial charge in [-0.15, -0.1) is 0 Å². The van der Waals surface area contributed by atoms with Crippen molar-refractivity contribution in [1.82, 2.24) is 5.32 Å². The molecule has 0 radical (unpaired) electrons. The number of ketones is 3. The van der Waals surface area contributed by atoms with Gasteiger partial charge in [0.2, 0.25) is 11.7 Å². The Morgan fingerprint density at radius 1 is 1.07 bits per heavy atom. The van der Waals surface area contributed by atoms with E-state index < -0.39 is 82.6 Å². The number of phenols is 2. The number of aliphatic hydroxyl groups is 3. The number of hydrogen-bond donors (Lipinski definition) is 6. The molecule has 0 aromatic heterocycles. The van der Waals surface area contributed by atoms with Gasteiger partial charge in [-0.25, -0.2) is 0 Å². The first-order valence-corrected chi connectivity index (χ1v) is 14.6. The van der Waals surface area contributed by atoms with E-state index in [-0.39, 0.29) is 52.9 Å². The molecule has 2 aromatic rings. The standard InChI is InChI=1S/C29H31NO11.C3H8O/c1-11-24(33)16(30-13(3)32)8-19(40-11)41-18-10-29(38,12(2)31)9-15-21(18)28(37)23-22(26(15)35)25(34)14-6-5-7-17(39-4)20(14)27(23)36;1-3(2)4/h5-7,11,16,18-19,24,33,35,37-38H,8-10H2,1-4H3,(H,30,32);3-4H,1-2H3/t11?,16?,18-,19?,24?,29-;/m0./s1. The van der Waals surface area contributed by atoms with Gasteiger partial charge in [-0.05, 0) is 33.8 Å². The van der Waals surface area contributed by atoms with E-state index in [9.17, 15) is 39.6 Å². The van der Waals surface area contributed by atoms with Gasteiger partial charge >= 0.3 is 0 Å². The molecule has 3 aliphatic rings. The molecule has 0 saturated carbocycles. The number of carbonyl (C=O) groups excluding carboxylic acids is 4. The van der Waals surface area contributed by atoms with Gasteiger partial charge in [0.25, 0.3) is 0 Å². The Morgan fingerprint density at radius 2 is 1.69 bits per heavy atom. The number of nitrogens with one attached hydrogen (secondary N) is 1. The predicted octanol–water partition coefficient (Wildman–Crippen LogP) is 1.59. The smallest absolute Gasteiger partial charge is 0.217 e. The molecule has 0 spiro atoms. The van der Waals surface area contributed by atoms with Crippen molar-refractivity contribution in [3.05, 3.63) is 51.6 Å². The van der Waals surface area contributed by atoms with E-state index in [2.05, 4.69) is 5.32 Å². The molecule has 5 rings (SSSR count). The number of aromatic hydroxyl groups is 2. The van der Waals surface area contributed by atoms with E-state index >= 15 is 0 Å². The van der Waals surface area contributed by atoms with Crippen LogP contribution in [0.4, 0.5) is 0 Å². The summed E-state index contributed by atoms with van der Waals surface area (Å²) in [6.45, 7) is 7.48. The maximum Gasteiger partial charge on any atom is 0.217 e. The second kappa shape index (κ2) is 12.9. The lowest BCUT2D eigenvalue weighted by molar-refractivity contribution is -0.249. The third-order valence-corrected chi connectivity index (χ3v) is 8.14. The molecule has 13 nitrogen and oxygen atoms in total. The lowest BCUT2D eigenvalue weighted by Crippen LogP contribution is -2.55. The number of methoxy groups -OCH3 is 1. The summed E-state index contributed by atoms with van der Waals surface area (Å²) < 4.78 is 17.2. The fourth-order valence-electron chi connectivity index (χ4n) is 6.03. The van der Waals surface area contributed by atoms with Gasteiger partial charge in [0, 0.05) is 49.0 Å². The van der Waals surface area contributed by atoms with Gasteiger partial charge in [0.1, 0.15) is 29.0 Å². The van der Waals surface area contributed by atoms with Crippen LogP contribution in [0.2, 0.25) is 0 Å². The number of aliphatic hydroxyl groups excluding tert-OH is 2. The van der Waals surface area contributed by atoms with Gasteiger partial charge in [0.05, 0.1) is 42.0 Å². The van der Waals surface area contributed by atoms with Crippen LogP contribution in [-0.4, -0.2) is 92.1 Å². The molecule has 45 heavy (non-hydrogen) atoms. The third-order valence-electron chi connectivity index (χ3n) is 8.14. The first-order valence-electron chi connectivity index (χ1n) is 14.6. The van der Waals surface area contributed by atoms with Crippen molar-refractivity contribution in [2.45, 2.75) is 96.2 Å². The maximum atomic E-state index is 13.7. The monoisotopic (exact) mass is 629 g/mol. The van der Waals surface area contributed by atoms with Crippen molar-refractivity contribution in [3.8, 4) is 17.2 Å². The highest BCUT2D eigenvalue weighted by molar-refractivity contribution is 6.31. The van der Waals surface area contributed by atoms with Gasteiger partial charge in [-0.3, -0.25) is 19.2 Å². The molecule has 244 valence electrons. The fourth-order valence-corrected chi connectivity index (χ4v) is 6.03. The highest BCUT2D eigenvalue weighted by atomic mass is 16.7. The Kier molecular flexibility index (Phi) is 9.71. The van der Waals surface area contributed by atoms with E-state index in [1.165, 1.54) is 32.2 Å². The van der Waals surface area contributed by atoms with Crippen LogP contribution in [0.5, 0.6) is 17.2 Å². The number of amides is 1. The topological polar surface area (TPSA) is 209 Å². The number of benzene rings is 2. The summed E-state index contributed by atoms with van der Waals surface area (Å²) in [7, 11) is 1.33. The van der Waals surface area contributed by atoms with Crippen LogP contribution in [-0.2, 0) is 25.5 Å². The van der Waals surface area contributed by atoms with E-state index in [4.69, 9.17) is 19.3 Å². The minimum Gasteiger partial charge on any atom is -0.507 e. The molecule has 4 unspecified atom stereocenters. The third kappa shape index (κ3) is 6.31. The van der Waals surface area contributed by atoms with Crippen LogP contribution in [0.25, 0.3) is 0 Å². The summed E-state index contributed by atoms with van der Waals surface area (Å²) in [4.78, 5) is 51.5. The van der Waals surface area contributed by atoms with Crippen LogP contribution in [0.3, 0.4) is 0 Å². The van der Waals surface area contributed by atoms with Gasteiger partial charge in [-0.2, -0.15) is 0 Å². The molecule has 6 atom stereocenters. The minimum absolute atomic E-state index is 0.0188. The molecule has 0 bridgehead atoms. The second-order valence-electron chi connectivity index (χ2n) is 11.9. The second-order valence-corrected chi connectivity index (χ2v) is 11.9. The Labute approximate surface area is 259 Å². The zero-order valence-corrected chi connectivity index (χ0v) is 25.9. The van der Waals surface area contributed by atoms with Gasteiger partial charge in [0.15, 0.2) is 17.9 Å². The molecular formula is C32H39NO12. The van der Waals surface area contributed by atoms with Crippen molar-refractivity contribution >= 4 is 23.3 Å². The average Bonchev–Trinajstić information content (AvgIpc) is 2.94. The quantitative estimate of drug-likeness (QED) is 0.222. The zero-order valence-electron chi connectivity index (χ0n) is 25.9. The highest BCUT2D eigenvalue weighted by Crippen LogP contribution is 2.52. The first-order chi connectivity index (χ1) is 21.0. The molecule has 1 fully saturated rings. The van der Waals surface area contributed by atoms with Crippen LogP contribution < -0.4 is 10.1 Å². The molecule has 13 heteroatoms. The van der Waals surface area contributed by atoms with E-state index in [0.29, 0.717) is 0 Å². The summed E-state index contributed by atoms with van der Waals surface area (Å²) >= 11 is 0. The zero-order chi connectivity index (χ0) is 33.5. The molecule has 1 heterocycles. The molecular weight excluding hydrogens is 590 g/mol. The predicted molar refractivity (Wildman–Crippen MR) is 157 cm³/mol. The Balaban J connectivity index is 0.00000109. The normalized spacial score (nSPS) is 27.0. The summed E-state index contributed by atoms with van der Waals surface area (Å²) in [5.41, 5.74) is -3.25. The van der Waals surface area contributed by atoms with Crippen molar-refractivity contribution in [2.75, 3.05) is 7.11 Å². The number of hydrogen-bond acceptors (Lipinski definition) is 12. The maximum absolute atomic E-state index is 13.7. The SMILES string of the molecule is CC(C)O.COc1cccc2c1C(=O)c1c(O)c3c(c(O)c1C2=O)C[C@@](O)(C(C)=O)C[C@@H]3OC1CC(NC(C)=O)C(O)C(C)O1. The number of Topliss-reactive ketones (excluding diaryl/α,β-unsaturated/α-hetero) is 1. The molecule has 1 saturated heterocycles. The van der Waals surface area contributed by atoms with Crippen LogP contribution in [0.15, 0.2) is 18.2 Å². The minimum atomic E-state index is -2.05. The first kappa shape index (κ1) is 34.0. The largest absolute Gasteiger partial charge is 0.507 e. The lowest BCUT2D eigenvalue weighted by Gasteiger charge is -2.42. The van der Waals surface area contributed by atoms with E-state index in [1.807, 2.05) is 0 Å². The van der Waals surface area contributed by atoms with Crippen molar-refractivity contribution in [2.24, 2.45) is 0 Å². The molecule has 1 aliphatic heterocycles. The van der Waals surface area contributed by atoms with Crippen molar-refractivity contribution < 1.29 is 58.9 Å². The highest BCUT2D eigenvalue weighted by Gasteiger charge is 2.49. The summed E-state index contributed by atoms with van der Waals surface area (Å²) in [5.74, 6) is -3.72.